The van der Waals surface area contributed by atoms with E-state index in [1.807, 2.05) is 30.3 Å². The topological polar surface area (TPSA) is 90.4 Å². The minimum absolute atomic E-state index is 0.114. The Kier molecular flexibility index (Phi) is 3.18. The van der Waals surface area contributed by atoms with Crippen LogP contribution in [-0.4, -0.2) is 21.2 Å². The van der Waals surface area contributed by atoms with Gasteiger partial charge in [-0.25, -0.2) is 4.79 Å². The van der Waals surface area contributed by atoms with Gasteiger partial charge < -0.3 is 15.2 Å². The van der Waals surface area contributed by atoms with Gasteiger partial charge in [-0.1, -0.05) is 30.3 Å². The highest BCUT2D eigenvalue weighted by atomic mass is 16.4. The van der Waals surface area contributed by atoms with Gasteiger partial charge in [0.15, 0.2) is 5.43 Å². The molecule has 0 aliphatic heterocycles. The minimum atomic E-state index is -1.24. The van der Waals surface area contributed by atoms with Crippen molar-refractivity contribution in [3.8, 4) is 16.9 Å². The number of rotatable bonds is 2. The number of aromatic carboxylic acids is 1. The first-order valence-corrected chi connectivity index (χ1v) is 6.68. The number of pyridine rings is 1. The molecule has 0 aliphatic rings. The number of aromatic hydroxyl groups is 1. The zero-order valence-electron chi connectivity index (χ0n) is 11.8. The molecular formula is C17H13NO4. The molecule has 1 aromatic heterocycles. The normalized spacial score (nSPS) is 10.8. The Balaban J connectivity index is 2.48. The highest BCUT2D eigenvalue weighted by Gasteiger charge is 2.18. The van der Waals surface area contributed by atoms with Crippen LogP contribution in [0.5, 0.6) is 5.75 Å². The van der Waals surface area contributed by atoms with Crippen LogP contribution < -0.4 is 5.43 Å². The first-order chi connectivity index (χ1) is 10.5. The van der Waals surface area contributed by atoms with Crippen molar-refractivity contribution < 1.29 is 15.0 Å². The molecule has 5 heteroatoms. The molecule has 22 heavy (non-hydrogen) atoms. The minimum Gasteiger partial charge on any atom is -0.506 e. The van der Waals surface area contributed by atoms with Gasteiger partial charge in [0.25, 0.3) is 0 Å². The lowest BCUT2D eigenvalue weighted by molar-refractivity contribution is 0.0690. The average molecular weight is 295 g/mol. The third kappa shape index (κ3) is 2.03. The van der Waals surface area contributed by atoms with Gasteiger partial charge in [-0.2, -0.15) is 0 Å². The fourth-order valence-corrected chi connectivity index (χ4v) is 2.55. The summed E-state index contributed by atoms with van der Waals surface area (Å²) >= 11 is 0. The second-order valence-electron chi connectivity index (χ2n) is 5.01. The Morgan fingerprint density at radius 1 is 1.09 bits per heavy atom. The van der Waals surface area contributed by atoms with Gasteiger partial charge in [-0.05, 0) is 30.2 Å². The molecule has 0 fully saturated rings. The summed E-state index contributed by atoms with van der Waals surface area (Å²) in [6.07, 6.45) is 0. The molecule has 0 saturated heterocycles. The van der Waals surface area contributed by atoms with Gasteiger partial charge in [0.05, 0.1) is 10.9 Å². The Morgan fingerprint density at radius 2 is 1.77 bits per heavy atom. The number of fused-ring (bicyclic) bond motifs is 1. The standard InChI is InChI=1S/C17H13NO4/c1-9-14(17(21)22)18-15-12(19)8-7-11(13(15)16(9)20)10-5-3-2-4-6-10/h2-8,19H,1H3,(H,18,20)(H,21,22). The fourth-order valence-electron chi connectivity index (χ4n) is 2.55. The second-order valence-corrected chi connectivity index (χ2v) is 5.01. The molecule has 2 aromatic carbocycles. The summed E-state index contributed by atoms with van der Waals surface area (Å²) in [6.45, 7) is 1.46. The van der Waals surface area contributed by atoms with Gasteiger partial charge >= 0.3 is 5.97 Å². The van der Waals surface area contributed by atoms with Crippen molar-refractivity contribution in [2.45, 2.75) is 6.92 Å². The van der Waals surface area contributed by atoms with Crippen LogP contribution in [0.15, 0.2) is 47.3 Å². The zero-order chi connectivity index (χ0) is 15.9. The first-order valence-electron chi connectivity index (χ1n) is 6.68. The van der Waals surface area contributed by atoms with Crippen LogP contribution in [0, 0.1) is 6.92 Å². The van der Waals surface area contributed by atoms with Crippen molar-refractivity contribution in [2.24, 2.45) is 0 Å². The molecule has 3 aromatic rings. The van der Waals surface area contributed by atoms with E-state index in [1.54, 1.807) is 6.07 Å². The number of phenolic OH excluding ortho intramolecular Hbond substituents is 1. The molecule has 5 nitrogen and oxygen atoms in total. The van der Waals surface area contributed by atoms with Gasteiger partial charge in [-0.15, -0.1) is 0 Å². The highest BCUT2D eigenvalue weighted by Crippen LogP contribution is 2.31. The number of phenols is 1. The number of carboxylic acids is 1. The summed E-state index contributed by atoms with van der Waals surface area (Å²) in [7, 11) is 0. The zero-order valence-corrected chi connectivity index (χ0v) is 11.8. The van der Waals surface area contributed by atoms with E-state index in [2.05, 4.69) is 4.98 Å². The van der Waals surface area contributed by atoms with E-state index in [1.165, 1.54) is 13.0 Å². The predicted molar refractivity (Wildman–Crippen MR) is 83.4 cm³/mol. The van der Waals surface area contributed by atoms with Gasteiger partial charge in [0.1, 0.15) is 11.4 Å². The number of H-pyrrole nitrogens is 1. The van der Waals surface area contributed by atoms with E-state index < -0.39 is 11.4 Å². The summed E-state index contributed by atoms with van der Waals surface area (Å²) in [5, 5.41) is 19.5. The van der Waals surface area contributed by atoms with Crippen molar-refractivity contribution in [1.82, 2.24) is 4.98 Å². The lowest BCUT2D eigenvalue weighted by Gasteiger charge is -2.11. The van der Waals surface area contributed by atoms with Crippen molar-refractivity contribution in [3.05, 3.63) is 63.9 Å². The summed E-state index contributed by atoms with van der Waals surface area (Å²) in [6, 6.07) is 12.4. The molecule has 0 atom stereocenters. The Labute approximate surface area is 125 Å². The SMILES string of the molecule is Cc1c(C(=O)O)[nH]c2c(O)ccc(-c3ccccc3)c2c1=O. The number of hydrogen-bond donors (Lipinski definition) is 3. The molecule has 0 radical (unpaired) electrons. The monoisotopic (exact) mass is 295 g/mol. The van der Waals surface area contributed by atoms with Crippen LogP contribution in [-0.2, 0) is 0 Å². The van der Waals surface area contributed by atoms with E-state index in [-0.39, 0.29) is 27.9 Å². The molecule has 0 unspecified atom stereocenters. The maximum Gasteiger partial charge on any atom is 0.352 e. The van der Waals surface area contributed by atoms with Crippen LogP contribution in [0.2, 0.25) is 0 Å². The Hall–Kier alpha value is -3.08. The van der Waals surface area contributed by atoms with Crippen LogP contribution >= 0.6 is 0 Å². The highest BCUT2D eigenvalue weighted by molar-refractivity contribution is 6.00. The lowest BCUT2D eigenvalue weighted by atomic mass is 9.98. The van der Waals surface area contributed by atoms with Gasteiger partial charge in [0.2, 0.25) is 0 Å². The van der Waals surface area contributed by atoms with Crippen molar-refractivity contribution in [3.63, 3.8) is 0 Å². The van der Waals surface area contributed by atoms with Crippen LogP contribution in [0.1, 0.15) is 16.1 Å². The predicted octanol–water partition coefficient (Wildman–Crippen LogP) is 2.91. The lowest BCUT2D eigenvalue weighted by Crippen LogP contribution is -2.16. The molecule has 3 rings (SSSR count). The van der Waals surface area contributed by atoms with E-state index in [0.717, 1.165) is 5.56 Å². The van der Waals surface area contributed by atoms with Gasteiger partial charge in [-0.3, -0.25) is 4.79 Å². The number of benzene rings is 2. The molecule has 0 bridgehead atoms. The van der Waals surface area contributed by atoms with Crippen LogP contribution in [0.3, 0.4) is 0 Å². The third-order valence-corrected chi connectivity index (χ3v) is 3.67. The number of carbonyl (C=O) groups is 1. The Morgan fingerprint density at radius 3 is 2.41 bits per heavy atom. The maximum atomic E-state index is 12.6. The van der Waals surface area contributed by atoms with Crippen molar-refractivity contribution >= 4 is 16.9 Å². The summed E-state index contributed by atoms with van der Waals surface area (Å²) < 4.78 is 0. The number of carboxylic acid groups (broad SMARTS) is 1. The van der Waals surface area contributed by atoms with Crippen molar-refractivity contribution in [1.29, 1.82) is 0 Å². The number of aromatic nitrogens is 1. The molecule has 3 N–H and O–H groups in total. The smallest absolute Gasteiger partial charge is 0.352 e. The van der Waals surface area contributed by atoms with E-state index in [0.29, 0.717) is 5.56 Å². The maximum absolute atomic E-state index is 12.6. The summed E-state index contributed by atoms with van der Waals surface area (Å²) in [5.74, 6) is -1.39. The Bertz CT molecular complexity index is 942. The fraction of sp³-hybridized carbons (Fsp3) is 0.0588. The summed E-state index contributed by atoms with van der Waals surface area (Å²) in [4.78, 5) is 26.5. The van der Waals surface area contributed by atoms with E-state index >= 15 is 0 Å². The average Bonchev–Trinajstić information content (AvgIpc) is 2.52. The second kappa shape index (κ2) is 5.04. The summed E-state index contributed by atoms with van der Waals surface area (Å²) in [5.41, 5.74) is 1.10. The van der Waals surface area contributed by atoms with Gasteiger partial charge in [0, 0.05) is 5.56 Å². The first kappa shape index (κ1) is 13.9. The molecule has 0 amide bonds. The number of nitrogens with one attached hydrogen (secondary N) is 1. The van der Waals surface area contributed by atoms with Crippen LogP contribution in [0.25, 0.3) is 22.0 Å². The van der Waals surface area contributed by atoms with Crippen molar-refractivity contribution in [2.75, 3.05) is 0 Å². The van der Waals surface area contributed by atoms with E-state index in [4.69, 9.17) is 0 Å². The number of aromatic amines is 1. The largest absolute Gasteiger partial charge is 0.506 e. The van der Waals surface area contributed by atoms with Crippen LogP contribution in [0.4, 0.5) is 0 Å². The molecule has 1 heterocycles. The molecular weight excluding hydrogens is 282 g/mol. The number of hydrogen-bond acceptors (Lipinski definition) is 3. The molecule has 0 spiro atoms. The molecule has 0 saturated carbocycles. The van der Waals surface area contributed by atoms with E-state index in [9.17, 15) is 19.8 Å². The molecule has 110 valence electrons. The molecule has 0 aliphatic carbocycles. The quantitative estimate of drug-likeness (QED) is 0.678. The third-order valence-electron chi connectivity index (χ3n) is 3.67.